The van der Waals surface area contributed by atoms with E-state index in [1.807, 2.05) is 0 Å². The molecule has 23 rings (SSSR count). The molecule has 0 aliphatic heterocycles. The summed E-state index contributed by atoms with van der Waals surface area (Å²) >= 11 is 0. The normalized spacial score (nSPS) is 12.2. The van der Waals surface area contributed by atoms with Crippen LogP contribution in [0.25, 0.3) is 159 Å². The number of rotatable bonds is 8. The van der Waals surface area contributed by atoms with Crippen LogP contribution in [-0.4, -0.2) is 27.4 Å². The van der Waals surface area contributed by atoms with E-state index in [2.05, 4.69) is 522 Å². The molecule has 0 spiro atoms. The molecule has 0 bridgehead atoms. The Balaban J connectivity index is 0.000000107. The Kier molecular flexibility index (Phi) is 19.8. The lowest BCUT2D eigenvalue weighted by Gasteiger charge is -2.27. The van der Waals surface area contributed by atoms with Crippen LogP contribution in [0.2, 0.25) is 0 Å². The van der Waals surface area contributed by atoms with Gasteiger partial charge in [0.25, 0.3) is 0 Å². The highest BCUT2D eigenvalue weighted by Gasteiger charge is 2.26. The molecule has 0 aliphatic carbocycles. The zero-order valence-corrected chi connectivity index (χ0v) is 73.3. The number of hydrogen-bond donors (Lipinski definition) is 0. The summed E-state index contributed by atoms with van der Waals surface area (Å²) in [5.41, 5.74) is 28.8. The van der Waals surface area contributed by atoms with Gasteiger partial charge in [-0.15, -0.1) is 0 Å². The van der Waals surface area contributed by atoms with E-state index in [1.54, 1.807) is 0 Å². The molecule has 23 aromatic rings. The molecule has 610 valence electrons. The fourth-order valence-corrected chi connectivity index (χ4v) is 19.1. The molecule has 0 unspecified atom stereocenters. The van der Waals surface area contributed by atoms with Crippen molar-refractivity contribution in [2.75, 3.05) is 4.90 Å². The van der Waals surface area contributed by atoms with Crippen LogP contribution in [0, 0.1) is 0 Å². The van der Waals surface area contributed by atoms with E-state index in [0.29, 0.717) is 0 Å². The zero-order chi connectivity index (χ0) is 85.6. The van der Waals surface area contributed by atoms with Gasteiger partial charge in [0.05, 0.1) is 60.7 Å². The molecule has 6 aromatic heterocycles. The van der Waals surface area contributed by atoms with Gasteiger partial charge in [0.15, 0.2) is 0 Å². The summed E-state index contributed by atoms with van der Waals surface area (Å²) < 4.78 is 14.4. The minimum absolute atomic E-state index is 0.0235. The van der Waals surface area contributed by atoms with Gasteiger partial charge in [-0.05, 0) is 211 Å². The Morgan fingerprint density at radius 2 is 0.392 bits per heavy atom. The van der Waals surface area contributed by atoms with Crippen molar-refractivity contribution in [3.8, 4) is 28.4 Å². The van der Waals surface area contributed by atoms with Gasteiger partial charge in [0.2, 0.25) is 0 Å². The quantitative estimate of drug-likeness (QED) is 0.149. The zero-order valence-electron chi connectivity index (χ0n) is 73.3. The largest absolute Gasteiger partial charge is 0.335 e. The molecule has 7 heteroatoms. The maximum absolute atomic E-state index is 2.47. The SMILES string of the molecule is CC(C)(C)c1ccc(-n2c3ccccc3c3cc(-n4c5ccccc5c5ccccc54)ccc32)cc1.CC(C)(C)c1ccc(-n2c3ccccc3c3ccc(-n4c5ccccc5c5ccccc54)cc32)cc1.CC(C)(C)c1ccc(-n2c3ccccc3c3ccccc32)cc1.CC(C)(C)n1c2ccccc2c2ccc(N(c3ccccc3)c3ccccc3)cc21. The molecule has 17 aromatic carbocycles. The van der Waals surface area contributed by atoms with Crippen LogP contribution < -0.4 is 4.90 Å². The molecule has 0 saturated heterocycles. The summed E-state index contributed by atoms with van der Waals surface area (Å²) in [6.07, 6.45) is 0. The number of aromatic nitrogens is 6. The molecule has 0 radical (unpaired) electrons. The lowest BCUT2D eigenvalue weighted by molar-refractivity contribution is 0.423. The standard InChI is InChI=1S/2C34H28N2.C28H26N2.C22H21N/c1-34(2,3)23-16-18-24(19-17-23)35-30-13-7-6-12-28(30)29-21-20-25(22-33(29)35)36-31-14-8-4-10-26(31)27-11-5-9-15-32(27)36;1-34(2,3)23-16-18-24(19-17-23)35-32-15-9-6-12-28(32)29-22-25(20-21-33(29)35)36-30-13-7-4-10-26(30)27-11-5-8-14-31(27)36;1-28(2,3)30-26-17-11-10-16-24(26)25-19-18-23(20-27(25)30)29(21-12-6-4-7-13-21)22-14-8-5-9-15-22;1-22(2,3)16-12-14-17(15-13-16)23-20-10-6-4-8-18(20)19-9-5-7-11-21(19)23/h2*4-22H,1-3H3;4-20H,1-3H3;4-15H,1-3H3. The van der Waals surface area contributed by atoms with Crippen molar-refractivity contribution in [3.05, 3.63) is 423 Å². The molecule has 0 aliphatic rings. The monoisotopic (exact) mass is 1620 g/mol. The fourth-order valence-electron chi connectivity index (χ4n) is 19.1. The molecule has 0 amide bonds. The van der Waals surface area contributed by atoms with Gasteiger partial charge in [0.1, 0.15) is 0 Å². The molecule has 0 N–H and O–H groups in total. The highest BCUT2D eigenvalue weighted by molar-refractivity contribution is 6.15. The lowest BCUT2D eigenvalue weighted by Crippen LogP contribution is -2.21. The van der Waals surface area contributed by atoms with Crippen molar-refractivity contribution >= 4 is 148 Å². The van der Waals surface area contributed by atoms with Crippen molar-refractivity contribution in [1.82, 2.24) is 27.4 Å². The van der Waals surface area contributed by atoms with Crippen molar-refractivity contribution < 1.29 is 0 Å². The first-order valence-electron chi connectivity index (χ1n) is 43.9. The third-order valence-corrected chi connectivity index (χ3v) is 25.2. The topological polar surface area (TPSA) is 32.8 Å². The van der Waals surface area contributed by atoms with E-state index in [0.717, 1.165) is 17.1 Å². The van der Waals surface area contributed by atoms with Crippen LogP contribution in [0.4, 0.5) is 17.1 Å². The summed E-state index contributed by atoms with van der Waals surface area (Å²) in [6.45, 7) is 27.2. The average Bonchev–Trinajstić information content (AvgIpc) is 1.59. The first-order valence-corrected chi connectivity index (χ1v) is 43.9. The van der Waals surface area contributed by atoms with E-state index in [1.165, 1.54) is 176 Å². The third-order valence-electron chi connectivity index (χ3n) is 25.2. The van der Waals surface area contributed by atoms with E-state index in [9.17, 15) is 0 Å². The van der Waals surface area contributed by atoms with Gasteiger partial charge >= 0.3 is 0 Å². The predicted octanol–water partition coefficient (Wildman–Crippen LogP) is 32.5. The Morgan fingerprint density at radius 3 is 0.720 bits per heavy atom. The van der Waals surface area contributed by atoms with Gasteiger partial charge in [-0.1, -0.05) is 311 Å². The number of benzene rings is 17. The number of nitrogens with zero attached hydrogens (tertiary/aromatic N) is 7. The third kappa shape index (κ3) is 14.2. The van der Waals surface area contributed by atoms with E-state index in [-0.39, 0.29) is 21.8 Å². The maximum atomic E-state index is 2.47. The Hall–Kier alpha value is -14.7. The van der Waals surface area contributed by atoms with Crippen molar-refractivity contribution in [1.29, 1.82) is 0 Å². The van der Waals surface area contributed by atoms with Crippen LogP contribution in [-0.2, 0) is 21.8 Å². The molecule has 125 heavy (non-hydrogen) atoms. The van der Waals surface area contributed by atoms with Crippen LogP contribution in [0.5, 0.6) is 0 Å². The summed E-state index contributed by atoms with van der Waals surface area (Å²) in [6, 6.07) is 147. The molecular formula is C118H103N7. The predicted molar refractivity (Wildman–Crippen MR) is 536 cm³/mol. The highest BCUT2D eigenvalue weighted by atomic mass is 15.1. The molecule has 0 fully saturated rings. The Morgan fingerprint density at radius 1 is 0.160 bits per heavy atom. The number of fused-ring (bicyclic) bond motifs is 18. The molecule has 0 saturated carbocycles. The highest BCUT2D eigenvalue weighted by Crippen LogP contribution is 2.44. The Labute approximate surface area is 731 Å². The maximum Gasteiger partial charge on any atom is 0.0561 e. The lowest BCUT2D eigenvalue weighted by atomic mass is 9.87. The van der Waals surface area contributed by atoms with E-state index >= 15 is 0 Å². The van der Waals surface area contributed by atoms with Gasteiger partial charge in [-0.3, -0.25) is 0 Å². The van der Waals surface area contributed by atoms with Crippen LogP contribution in [0.3, 0.4) is 0 Å². The fraction of sp³-hybridized carbons (Fsp3) is 0.136. The van der Waals surface area contributed by atoms with Gasteiger partial charge in [-0.2, -0.15) is 0 Å². The smallest absolute Gasteiger partial charge is 0.0561 e. The number of para-hydroxylation sites is 11. The van der Waals surface area contributed by atoms with Crippen LogP contribution in [0.1, 0.15) is 99.8 Å². The second-order valence-electron chi connectivity index (χ2n) is 37.3. The summed E-state index contributed by atoms with van der Waals surface area (Å²) in [5.74, 6) is 0. The first-order chi connectivity index (χ1) is 60.6. The molecule has 0 atom stereocenters. The van der Waals surface area contributed by atoms with Gasteiger partial charge < -0.3 is 32.3 Å². The summed E-state index contributed by atoms with van der Waals surface area (Å²) in [7, 11) is 0. The molecular weight excluding hydrogens is 1520 g/mol. The van der Waals surface area contributed by atoms with Crippen LogP contribution in [0.15, 0.2) is 406 Å². The second-order valence-corrected chi connectivity index (χ2v) is 37.3. The minimum Gasteiger partial charge on any atom is -0.335 e. The number of hydrogen-bond acceptors (Lipinski definition) is 1. The average molecular weight is 1620 g/mol. The van der Waals surface area contributed by atoms with Gasteiger partial charge in [0, 0.05) is 121 Å². The minimum atomic E-state index is -0.0235. The van der Waals surface area contributed by atoms with Crippen molar-refractivity contribution in [2.24, 2.45) is 0 Å². The Bertz CT molecular complexity index is 7770. The van der Waals surface area contributed by atoms with Gasteiger partial charge in [-0.25, -0.2) is 0 Å². The molecule has 7 nitrogen and oxygen atoms in total. The molecule has 6 heterocycles. The van der Waals surface area contributed by atoms with E-state index in [4.69, 9.17) is 0 Å². The summed E-state index contributed by atoms with van der Waals surface area (Å²) in [5, 5.41) is 15.5. The van der Waals surface area contributed by atoms with Crippen molar-refractivity contribution in [2.45, 2.75) is 105 Å². The first kappa shape index (κ1) is 78.9. The van der Waals surface area contributed by atoms with E-state index < -0.39 is 0 Å². The number of anilines is 3. The summed E-state index contributed by atoms with van der Waals surface area (Å²) in [4.78, 5) is 2.32. The second kappa shape index (κ2) is 31.3. The van der Waals surface area contributed by atoms with Crippen LogP contribution >= 0.6 is 0 Å². The van der Waals surface area contributed by atoms with Crippen molar-refractivity contribution in [3.63, 3.8) is 0 Å².